The Bertz CT molecular complexity index is 480. The lowest BCUT2D eigenvalue weighted by atomic mass is 10.1. The molecule has 78 valence electrons. The fraction of sp³-hybridized carbons (Fsp3) is 0.462. The molecular formula is C13H16N2. The van der Waals surface area contributed by atoms with Crippen molar-refractivity contribution in [3.8, 4) is 0 Å². The Morgan fingerprint density at radius 3 is 3.00 bits per heavy atom. The summed E-state index contributed by atoms with van der Waals surface area (Å²) in [5.74, 6) is 0.910. The monoisotopic (exact) mass is 200 g/mol. The quantitative estimate of drug-likeness (QED) is 0.744. The maximum atomic E-state index is 4.44. The van der Waals surface area contributed by atoms with Gasteiger partial charge in [0.2, 0.25) is 0 Å². The van der Waals surface area contributed by atoms with E-state index in [4.69, 9.17) is 0 Å². The van der Waals surface area contributed by atoms with Crippen molar-refractivity contribution in [1.29, 1.82) is 0 Å². The molecule has 0 unspecified atom stereocenters. The average molecular weight is 200 g/mol. The lowest BCUT2D eigenvalue weighted by Crippen LogP contribution is -1.97. The van der Waals surface area contributed by atoms with Gasteiger partial charge in [-0.15, -0.1) is 0 Å². The lowest BCUT2D eigenvalue weighted by molar-refractivity contribution is 0.642. The highest BCUT2D eigenvalue weighted by atomic mass is 15.0. The highest BCUT2D eigenvalue weighted by molar-refractivity contribution is 5.76. The second kappa shape index (κ2) is 3.37. The molecule has 1 heterocycles. The fourth-order valence-electron chi connectivity index (χ4n) is 2.05. The van der Waals surface area contributed by atoms with Gasteiger partial charge >= 0.3 is 0 Å². The molecule has 15 heavy (non-hydrogen) atoms. The van der Waals surface area contributed by atoms with Gasteiger partial charge in [0.15, 0.2) is 0 Å². The number of aromatic nitrogens is 2. The van der Waals surface area contributed by atoms with Crippen molar-refractivity contribution in [2.24, 2.45) is 5.92 Å². The third kappa shape index (κ3) is 1.65. The minimum Gasteiger partial charge on any atom is -0.330 e. The van der Waals surface area contributed by atoms with Gasteiger partial charge in [0, 0.05) is 6.54 Å². The van der Waals surface area contributed by atoms with Crippen LogP contribution in [0.2, 0.25) is 0 Å². The molecule has 0 radical (unpaired) electrons. The maximum Gasteiger partial charge on any atom is 0.0958 e. The number of benzene rings is 1. The normalized spacial score (nSPS) is 16.1. The van der Waals surface area contributed by atoms with Crippen LogP contribution in [-0.4, -0.2) is 9.55 Å². The molecule has 0 bridgehead atoms. The van der Waals surface area contributed by atoms with Gasteiger partial charge in [0.05, 0.1) is 17.4 Å². The van der Waals surface area contributed by atoms with E-state index in [-0.39, 0.29) is 0 Å². The topological polar surface area (TPSA) is 17.8 Å². The molecule has 0 atom stereocenters. The summed E-state index contributed by atoms with van der Waals surface area (Å²) in [6.45, 7) is 3.35. The van der Waals surface area contributed by atoms with E-state index in [9.17, 15) is 0 Å². The predicted octanol–water partition coefficient (Wildman–Crippen LogP) is 3.01. The Morgan fingerprint density at radius 2 is 2.27 bits per heavy atom. The summed E-state index contributed by atoms with van der Waals surface area (Å²) < 4.78 is 2.31. The van der Waals surface area contributed by atoms with Crippen LogP contribution in [-0.2, 0) is 13.0 Å². The van der Waals surface area contributed by atoms with Gasteiger partial charge in [-0.05, 0) is 42.9 Å². The van der Waals surface area contributed by atoms with Crippen LogP contribution >= 0.6 is 0 Å². The standard InChI is InChI=1S/C13H16N2/c1-2-10-5-6-12-13(7-10)15(9-14-12)8-11-3-4-11/h5-7,9,11H,2-4,8H2,1H3. The molecule has 1 aliphatic rings. The third-order valence-corrected chi connectivity index (χ3v) is 3.25. The van der Waals surface area contributed by atoms with E-state index >= 15 is 0 Å². The minimum absolute atomic E-state index is 0.910. The van der Waals surface area contributed by atoms with Gasteiger partial charge < -0.3 is 4.57 Å². The van der Waals surface area contributed by atoms with Crippen LogP contribution in [0.4, 0.5) is 0 Å². The second-order valence-corrected chi connectivity index (χ2v) is 4.52. The molecule has 2 aromatic rings. The van der Waals surface area contributed by atoms with Crippen LogP contribution in [0.3, 0.4) is 0 Å². The maximum absolute atomic E-state index is 4.44. The van der Waals surface area contributed by atoms with Gasteiger partial charge in [0.1, 0.15) is 0 Å². The number of imidazole rings is 1. The first-order chi connectivity index (χ1) is 7.36. The van der Waals surface area contributed by atoms with E-state index in [0.717, 1.165) is 24.4 Å². The molecule has 1 aliphatic carbocycles. The molecule has 1 saturated carbocycles. The summed E-state index contributed by atoms with van der Waals surface area (Å²) in [5, 5.41) is 0. The first-order valence-electron chi connectivity index (χ1n) is 5.80. The van der Waals surface area contributed by atoms with Crippen molar-refractivity contribution in [2.45, 2.75) is 32.7 Å². The number of nitrogens with zero attached hydrogens (tertiary/aromatic N) is 2. The van der Waals surface area contributed by atoms with E-state index in [0.29, 0.717) is 0 Å². The molecule has 3 rings (SSSR count). The molecule has 0 saturated heterocycles. The summed E-state index contributed by atoms with van der Waals surface area (Å²) in [6.07, 6.45) is 5.88. The number of rotatable bonds is 3. The largest absolute Gasteiger partial charge is 0.330 e. The van der Waals surface area contributed by atoms with E-state index in [1.165, 1.54) is 23.9 Å². The van der Waals surface area contributed by atoms with Crippen LogP contribution in [0.25, 0.3) is 11.0 Å². The smallest absolute Gasteiger partial charge is 0.0958 e. The van der Waals surface area contributed by atoms with Crippen LogP contribution < -0.4 is 0 Å². The summed E-state index contributed by atoms with van der Waals surface area (Å²) in [6, 6.07) is 6.60. The van der Waals surface area contributed by atoms with Gasteiger partial charge in [-0.1, -0.05) is 13.0 Å². The molecule has 0 aliphatic heterocycles. The van der Waals surface area contributed by atoms with E-state index < -0.39 is 0 Å². The number of fused-ring (bicyclic) bond motifs is 1. The molecule has 2 heteroatoms. The summed E-state index contributed by atoms with van der Waals surface area (Å²) in [4.78, 5) is 4.44. The van der Waals surface area contributed by atoms with Gasteiger partial charge in [-0.3, -0.25) is 0 Å². The van der Waals surface area contributed by atoms with Gasteiger partial charge in [-0.2, -0.15) is 0 Å². The van der Waals surface area contributed by atoms with Crippen molar-refractivity contribution in [3.05, 3.63) is 30.1 Å². The van der Waals surface area contributed by atoms with Crippen molar-refractivity contribution in [2.75, 3.05) is 0 Å². The Balaban J connectivity index is 2.04. The predicted molar refractivity (Wildman–Crippen MR) is 61.8 cm³/mol. The van der Waals surface area contributed by atoms with Crippen molar-refractivity contribution in [1.82, 2.24) is 9.55 Å². The summed E-state index contributed by atoms with van der Waals surface area (Å²) >= 11 is 0. The molecule has 0 spiro atoms. The molecule has 0 N–H and O–H groups in total. The van der Waals surface area contributed by atoms with E-state index in [1.54, 1.807) is 0 Å². The first kappa shape index (κ1) is 8.96. The Hall–Kier alpha value is -1.31. The van der Waals surface area contributed by atoms with Gasteiger partial charge in [-0.25, -0.2) is 4.98 Å². The zero-order chi connectivity index (χ0) is 10.3. The summed E-state index contributed by atoms with van der Waals surface area (Å²) in [5.41, 5.74) is 3.84. The zero-order valence-corrected chi connectivity index (χ0v) is 9.11. The molecule has 1 aromatic carbocycles. The molecule has 1 aromatic heterocycles. The van der Waals surface area contributed by atoms with Crippen LogP contribution in [0, 0.1) is 5.92 Å². The van der Waals surface area contributed by atoms with Crippen molar-refractivity contribution >= 4 is 11.0 Å². The zero-order valence-electron chi connectivity index (χ0n) is 9.11. The summed E-state index contributed by atoms with van der Waals surface area (Å²) in [7, 11) is 0. The highest BCUT2D eigenvalue weighted by Crippen LogP contribution is 2.31. The van der Waals surface area contributed by atoms with Crippen LogP contribution in [0.5, 0.6) is 0 Å². The lowest BCUT2D eigenvalue weighted by Gasteiger charge is -2.03. The Kier molecular flexibility index (Phi) is 2.01. The first-order valence-corrected chi connectivity index (χ1v) is 5.80. The average Bonchev–Trinajstić information content (AvgIpc) is 3.00. The Labute approximate surface area is 89.9 Å². The highest BCUT2D eigenvalue weighted by Gasteiger charge is 2.22. The van der Waals surface area contributed by atoms with Crippen LogP contribution in [0.1, 0.15) is 25.3 Å². The molecule has 1 fully saturated rings. The molecular weight excluding hydrogens is 184 g/mol. The number of hydrogen-bond donors (Lipinski definition) is 0. The van der Waals surface area contributed by atoms with Gasteiger partial charge in [0.25, 0.3) is 0 Å². The third-order valence-electron chi connectivity index (χ3n) is 3.25. The van der Waals surface area contributed by atoms with Crippen molar-refractivity contribution < 1.29 is 0 Å². The van der Waals surface area contributed by atoms with E-state index in [1.807, 2.05) is 6.33 Å². The molecule has 0 amide bonds. The number of hydrogen-bond acceptors (Lipinski definition) is 1. The van der Waals surface area contributed by atoms with E-state index in [2.05, 4.69) is 34.7 Å². The second-order valence-electron chi connectivity index (χ2n) is 4.52. The van der Waals surface area contributed by atoms with Crippen LogP contribution in [0.15, 0.2) is 24.5 Å². The number of aryl methyl sites for hydroxylation is 1. The Morgan fingerprint density at radius 1 is 1.40 bits per heavy atom. The minimum atomic E-state index is 0.910. The molecule has 2 nitrogen and oxygen atoms in total. The SMILES string of the molecule is CCc1ccc2ncn(CC3CC3)c2c1. The fourth-order valence-corrected chi connectivity index (χ4v) is 2.05. The van der Waals surface area contributed by atoms with Crippen molar-refractivity contribution in [3.63, 3.8) is 0 Å².